The van der Waals surface area contributed by atoms with Crippen LogP contribution < -0.4 is 4.74 Å². The lowest BCUT2D eigenvalue weighted by molar-refractivity contribution is 0.0690. The second-order valence-electron chi connectivity index (χ2n) is 2.74. The van der Waals surface area contributed by atoms with Gasteiger partial charge in [-0.25, -0.2) is 4.79 Å². The molecule has 0 unspecified atom stereocenters. The van der Waals surface area contributed by atoms with Crippen molar-refractivity contribution in [3.05, 3.63) is 35.4 Å². The monoisotopic (exact) mass is 240 g/mol. The fraction of sp³-hybridized carbons (Fsp3) is 0. The number of halogens is 1. The van der Waals surface area contributed by atoms with Crippen molar-refractivity contribution < 1.29 is 19.1 Å². The Balaban J connectivity index is 2.17. The summed E-state index contributed by atoms with van der Waals surface area (Å²) in [6, 6.07) is 1.50. The molecule has 0 atom stereocenters. The van der Waals surface area contributed by atoms with Gasteiger partial charge in [-0.3, -0.25) is 4.98 Å². The van der Waals surface area contributed by atoms with Gasteiger partial charge in [-0.1, -0.05) is 11.6 Å². The zero-order valence-corrected chi connectivity index (χ0v) is 8.51. The summed E-state index contributed by atoms with van der Waals surface area (Å²) in [4.78, 5) is 17.9. The van der Waals surface area contributed by atoms with E-state index in [0.717, 1.165) is 6.26 Å². The molecule has 16 heavy (non-hydrogen) atoms. The molecule has 2 aromatic rings. The van der Waals surface area contributed by atoms with Crippen LogP contribution >= 0.6 is 11.6 Å². The average Bonchev–Trinajstić information content (AvgIpc) is 2.66. The first-order valence-electron chi connectivity index (χ1n) is 4.12. The number of aromatic nitrogens is 2. The predicted molar refractivity (Wildman–Crippen MR) is 52.8 cm³/mol. The van der Waals surface area contributed by atoms with Crippen LogP contribution in [-0.2, 0) is 0 Å². The van der Waals surface area contributed by atoms with Crippen LogP contribution in [0.1, 0.15) is 10.5 Å². The number of nitrogens with zero attached hydrogens (tertiary/aromatic N) is 2. The fourth-order valence-electron chi connectivity index (χ4n) is 0.951. The van der Waals surface area contributed by atoms with Gasteiger partial charge in [-0.15, -0.1) is 0 Å². The minimum Gasteiger partial charge on any atom is -0.476 e. The van der Waals surface area contributed by atoms with Crippen molar-refractivity contribution in [3.8, 4) is 11.8 Å². The molecule has 82 valence electrons. The highest BCUT2D eigenvalue weighted by Crippen LogP contribution is 2.22. The maximum absolute atomic E-state index is 10.5. The van der Waals surface area contributed by atoms with E-state index in [4.69, 9.17) is 25.9 Å². The van der Waals surface area contributed by atoms with Crippen molar-refractivity contribution in [2.24, 2.45) is 0 Å². The van der Waals surface area contributed by atoms with Gasteiger partial charge in [-0.2, -0.15) is 4.98 Å². The third-order valence-electron chi connectivity index (χ3n) is 1.59. The van der Waals surface area contributed by atoms with Crippen LogP contribution in [0.15, 0.2) is 29.1 Å². The standard InChI is InChI=1S/C9H5ClN2O4/c10-5-1-6(3-11-2-5)16-9-12-7(4-15-9)8(13)14/h1-4H,(H,13,14). The molecule has 0 bridgehead atoms. The summed E-state index contributed by atoms with van der Waals surface area (Å²) in [5, 5.41) is 8.99. The quantitative estimate of drug-likeness (QED) is 0.885. The van der Waals surface area contributed by atoms with Crippen molar-refractivity contribution in [1.29, 1.82) is 0 Å². The summed E-state index contributed by atoms with van der Waals surface area (Å²) >= 11 is 5.68. The number of aromatic carboxylic acids is 1. The first kappa shape index (κ1) is 10.4. The van der Waals surface area contributed by atoms with Gasteiger partial charge in [0.15, 0.2) is 11.4 Å². The molecule has 2 heterocycles. The molecule has 0 aliphatic heterocycles. The van der Waals surface area contributed by atoms with E-state index < -0.39 is 5.97 Å². The maximum Gasteiger partial charge on any atom is 0.399 e. The number of carboxylic acids is 1. The van der Waals surface area contributed by atoms with Gasteiger partial charge in [-0.05, 0) is 0 Å². The average molecular weight is 241 g/mol. The van der Waals surface area contributed by atoms with Crippen molar-refractivity contribution >= 4 is 17.6 Å². The molecule has 0 aliphatic carbocycles. The molecule has 0 saturated carbocycles. The summed E-state index contributed by atoms with van der Waals surface area (Å²) in [6.07, 6.45) is 3.64. The topological polar surface area (TPSA) is 85.5 Å². The molecule has 2 rings (SSSR count). The molecule has 0 aliphatic rings. The number of carboxylic acid groups (broad SMARTS) is 1. The van der Waals surface area contributed by atoms with Gasteiger partial charge < -0.3 is 14.3 Å². The summed E-state index contributed by atoms with van der Waals surface area (Å²) in [5.74, 6) is -0.880. The summed E-state index contributed by atoms with van der Waals surface area (Å²) in [7, 11) is 0. The number of rotatable bonds is 3. The van der Waals surface area contributed by atoms with Crippen LogP contribution in [0.5, 0.6) is 11.8 Å². The summed E-state index contributed by atoms with van der Waals surface area (Å²) in [6.45, 7) is 0. The minimum atomic E-state index is -1.19. The largest absolute Gasteiger partial charge is 0.476 e. The number of hydrogen-bond acceptors (Lipinski definition) is 5. The summed E-state index contributed by atoms with van der Waals surface area (Å²) < 4.78 is 9.89. The van der Waals surface area contributed by atoms with Crippen LogP contribution in [0.4, 0.5) is 0 Å². The first-order valence-corrected chi connectivity index (χ1v) is 4.50. The van der Waals surface area contributed by atoms with Gasteiger partial charge >= 0.3 is 12.0 Å². The van der Waals surface area contributed by atoms with Gasteiger partial charge in [0.1, 0.15) is 6.26 Å². The maximum atomic E-state index is 10.5. The van der Waals surface area contributed by atoms with E-state index in [-0.39, 0.29) is 11.8 Å². The minimum absolute atomic E-state index is 0.179. The Morgan fingerprint density at radius 1 is 1.50 bits per heavy atom. The van der Waals surface area contributed by atoms with Crippen LogP contribution in [0, 0.1) is 0 Å². The molecule has 0 fully saturated rings. The Hall–Kier alpha value is -2.08. The van der Waals surface area contributed by atoms with E-state index in [1.807, 2.05) is 0 Å². The van der Waals surface area contributed by atoms with E-state index in [0.29, 0.717) is 10.8 Å². The van der Waals surface area contributed by atoms with Gasteiger partial charge in [0.25, 0.3) is 0 Å². The lowest BCUT2D eigenvalue weighted by atomic mass is 10.5. The molecule has 0 spiro atoms. The highest BCUT2D eigenvalue weighted by Gasteiger charge is 2.12. The molecule has 0 saturated heterocycles. The Morgan fingerprint density at radius 2 is 2.31 bits per heavy atom. The van der Waals surface area contributed by atoms with E-state index >= 15 is 0 Å². The zero-order chi connectivity index (χ0) is 11.5. The molecular weight excluding hydrogens is 236 g/mol. The Bertz CT molecular complexity index is 526. The van der Waals surface area contributed by atoms with Gasteiger partial charge in [0.05, 0.1) is 11.2 Å². The predicted octanol–water partition coefficient (Wildman–Crippen LogP) is 2.21. The van der Waals surface area contributed by atoms with Crippen molar-refractivity contribution in [2.75, 3.05) is 0 Å². The number of ether oxygens (including phenoxy) is 1. The first-order chi connectivity index (χ1) is 7.65. The van der Waals surface area contributed by atoms with E-state index in [9.17, 15) is 4.79 Å². The normalized spacial score (nSPS) is 10.1. The SMILES string of the molecule is O=C(O)c1coc(Oc2cncc(Cl)c2)n1. The molecule has 0 amide bonds. The molecule has 6 nitrogen and oxygen atoms in total. The highest BCUT2D eigenvalue weighted by molar-refractivity contribution is 6.30. The van der Waals surface area contributed by atoms with Crippen LogP contribution in [0.2, 0.25) is 5.02 Å². The third-order valence-corrected chi connectivity index (χ3v) is 1.79. The molecule has 1 N–H and O–H groups in total. The smallest absolute Gasteiger partial charge is 0.399 e. The lowest BCUT2D eigenvalue weighted by Gasteiger charge is -1.98. The lowest BCUT2D eigenvalue weighted by Crippen LogP contribution is -1.95. The third kappa shape index (κ3) is 2.29. The number of hydrogen-bond donors (Lipinski definition) is 1. The van der Waals surface area contributed by atoms with Gasteiger partial charge in [0.2, 0.25) is 0 Å². The molecule has 0 aromatic carbocycles. The van der Waals surface area contributed by atoms with Crippen molar-refractivity contribution in [1.82, 2.24) is 9.97 Å². The molecular formula is C9H5ClN2O4. The van der Waals surface area contributed by atoms with Crippen LogP contribution in [0.25, 0.3) is 0 Å². The van der Waals surface area contributed by atoms with Gasteiger partial charge in [0, 0.05) is 12.3 Å². The number of carbonyl (C=O) groups is 1. The van der Waals surface area contributed by atoms with E-state index in [1.165, 1.54) is 18.5 Å². The number of oxazole rings is 1. The Labute approximate surface area is 94.5 Å². The van der Waals surface area contributed by atoms with E-state index in [2.05, 4.69) is 9.97 Å². The Morgan fingerprint density at radius 3 is 2.94 bits per heavy atom. The molecule has 0 radical (unpaired) electrons. The molecule has 2 aromatic heterocycles. The second kappa shape index (κ2) is 4.19. The fourth-order valence-corrected chi connectivity index (χ4v) is 1.12. The van der Waals surface area contributed by atoms with Crippen LogP contribution in [0.3, 0.4) is 0 Å². The van der Waals surface area contributed by atoms with E-state index in [1.54, 1.807) is 0 Å². The molecule has 7 heteroatoms. The van der Waals surface area contributed by atoms with Crippen molar-refractivity contribution in [3.63, 3.8) is 0 Å². The van der Waals surface area contributed by atoms with Crippen LogP contribution in [-0.4, -0.2) is 21.0 Å². The Kier molecular flexibility index (Phi) is 2.74. The van der Waals surface area contributed by atoms with Crippen molar-refractivity contribution in [2.45, 2.75) is 0 Å². The number of pyridine rings is 1. The highest BCUT2D eigenvalue weighted by atomic mass is 35.5. The summed E-state index contributed by atoms with van der Waals surface area (Å²) in [5.41, 5.74) is -0.231. The second-order valence-corrected chi connectivity index (χ2v) is 3.18. The zero-order valence-electron chi connectivity index (χ0n) is 7.75.